The Morgan fingerprint density at radius 2 is 1.72 bits per heavy atom. The van der Waals surface area contributed by atoms with Crippen molar-refractivity contribution in [3.8, 4) is 11.1 Å². The van der Waals surface area contributed by atoms with Crippen molar-refractivity contribution < 1.29 is 14.3 Å². The summed E-state index contributed by atoms with van der Waals surface area (Å²) in [5.41, 5.74) is 4.89. The summed E-state index contributed by atoms with van der Waals surface area (Å²) in [6.45, 7) is 3.90. The van der Waals surface area contributed by atoms with Gasteiger partial charge in [-0.25, -0.2) is 4.39 Å². The number of hydrogen-bond donors (Lipinski definition) is 1. The molecule has 5 rings (SSSR count). The number of benzene rings is 3. The average molecular weight is 431 g/mol. The summed E-state index contributed by atoms with van der Waals surface area (Å²) in [5, 5.41) is 10.0. The molecule has 1 amide bonds. The fourth-order valence-corrected chi connectivity index (χ4v) is 5.22. The number of piperazine rings is 1. The molecule has 3 atom stereocenters. The van der Waals surface area contributed by atoms with E-state index >= 15 is 0 Å². The van der Waals surface area contributed by atoms with E-state index in [1.54, 1.807) is 12.1 Å². The normalized spacial score (nSPS) is 23.0. The second kappa shape index (κ2) is 8.49. The molecule has 164 valence electrons. The molecular weight excluding hydrogens is 403 g/mol. The summed E-state index contributed by atoms with van der Waals surface area (Å²) >= 11 is 0. The summed E-state index contributed by atoms with van der Waals surface area (Å²) in [7, 11) is 0. The van der Waals surface area contributed by atoms with Gasteiger partial charge >= 0.3 is 0 Å². The number of nitrogens with zero attached hydrogens (tertiary/aromatic N) is 2. The molecule has 0 aromatic heterocycles. The van der Waals surface area contributed by atoms with Crippen LogP contribution < -0.4 is 0 Å². The van der Waals surface area contributed by atoms with Crippen LogP contribution in [0.5, 0.6) is 0 Å². The van der Waals surface area contributed by atoms with Crippen LogP contribution in [0.15, 0.2) is 72.8 Å². The highest BCUT2D eigenvalue weighted by atomic mass is 19.1. The third-order valence-electron chi connectivity index (χ3n) is 6.83. The number of aliphatic hydroxyl groups excluding tert-OH is 1. The molecule has 2 fully saturated rings. The van der Waals surface area contributed by atoms with Gasteiger partial charge in [-0.3, -0.25) is 9.69 Å². The zero-order chi connectivity index (χ0) is 22.2. The molecule has 2 heterocycles. The Kier molecular flexibility index (Phi) is 5.53. The molecule has 0 radical (unpaired) electrons. The van der Waals surface area contributed by atoms with Gasteiger partial charge in [0.25, 0.3) is 0 Å². The fourth-order valence-electron chi connectivity index (χ4n) is 5.22. The topological polar surface area (TPSA) is 43.8 Å². The van der Waals surface area contributed by atoms with Crippen LogP contribution in [0.25, 0.3) is 11.1 Å². The van der Waals surface area contributed by atoms with Gasteiger partial charge in [-0.2, -0.15) is 0 Å². The van der Waals surface area contributed by atoms with E-state index in [0.717, 1.165) is 24.2 Å². The van der Waals surface area contributed by atoms with E-state index in [4.69, 9.17) is 0 Å². The van der Waals surface area contributed by atoms with Crippen LogP contribution in [0, 0.1) is 12.7 Å². The van der Waals surface area contributed by atoms with E-state index < -0.39 is 0 Å². The molecule has 0 saturated carbocycles. The van der Waals surface area contributed by atoms with Gasteiger partial charge in [-0.15, -0.1) is 0 Å². The Labute approximate surface area is 187 Å². The van der Waals surface area contributed by atoms with Crippen molar-refractivity contribution in [3.63, 3.8) is 0 Å². The number of halogens is 1. The van der Waals surface area contributed by atoms with Gasteiger partial charge in [0.2, 0.25) is 5.91 Å². The van der Waals surface area contributed by atoms with Gasteiger partial charge in [0.05, 0.1) is 25.2 Å². The number of amides is 1. The molecule has 2 aliphatic heterocycles. The highest BCUT2D eigenvalue weighted by Crippen LogP contribution is 2.43. The number of carbonyl (C=O) groups is 1. The lowest BCUT2D eigenvalue weighted by atomic mass is 9.73. The second-order valence-electron chi connectivity index (χ2n) is 8.90. The van der Waals surface area contributed by atoms with Gasteiger partial charge in [-0.1, -0.05) is 72.3 Å². The lowest BCUT2D eigenvalue weighted by Crippen LogP contribution is -2.72. The Bertz CT molecular complexity index is 1110. The van der Waals surface area contributed by atoms with E-state index in [1.165, 1.54) is 17.2 Å². The van der Waals surface area contributed by atoms with Crippen LogP contribution in [0.3, 0.4) is 0 Å². The van der Waals surface area contributed by atoms with E-state index in [9.17, 15) is 14.3 Å². The number of hydrogen-bond acceptors (Lipinski definition) is 3. The monoisotopic (exact) mass is 430 g/mol. The number of carbonyl (C=O) groups excluding carboxylic acids is 1. The molecular formula is C27H27FN2O2. The maximum absolute atomic E-state index is 14.2. The zero-order valence-electron chi connectivity index (χ0n) is 18.1. The highest BCUT2D eigenvalue weighted by molar-refractivity contribution is 5.81. The molecule has 0 aliphatic carbocycles. The van der Waals surface area contributed by atoms with Crippen molar-refractivity contribution in [3.05, 3.63) is 95.3 Å². The predicted molar refractivity (Wildman–Crippen MR) is 123 cm³/mol. The SMILES string of the molecule is Cc1ccc(CN2CC(=O)N3[C@H](C2)[C@H](c2ccc(-c4ccccc4F)cc2)[C@@H]3CO)cc1. The van der Waals surface area contributed by atoms with Gasteiger partial charge in [-0.05, 0) is 29.7 Å². The molecule has 32 heavy (non-hydrogen) atoms. The lowest BCUT2D eigenvalue weighted by molar-refractivity contribution is -0.162. The summed E-state index contributed by atoms with van der Waals surface area (Å²) in [4.78, 5) is 16.9. The first-order chi connectivity index (χ1) is 15.5. The van der Waals surface area contributed by atoms with Crippen LogP contribution >= 0.6 is 0 Å². The van der Waals surface area contributed by atoms with Crippen molar-refractivity contribution in [2.45, 2.75) is 31.5 Å². The molecule has 1 N–H and O–H groups in total. The first kappa shape index (κ1) is 20.9. The van der Waals surface area contributed by atoms with Crippen molar-refractivity contribution in [2.24, 2.45) is 0 Å². The summed E-state index contributed by atoms with van der Waals surface area (Å²) < 4.78 is 14.2. The maximum atomic E-state index is 14.2. The van der Waals surface area contributed by atoms with Gasteiger partial charge < -0.3 is 10.0 Å². The largest absolute Gasteiger partial charge is 0.394 e. The molecule has 4 nitrogen and oxygen atoms in total. The van der Waals surface area contributed by atoms with E-state index in [1.807, 2.05) is 35.2 Å². The first-order valence-electron chi connectivity index (χ1n) is 11.1. The second-order valence-corrected chi connectivity index (χ2v) is 8.90. The number of rotatable bonds is 5. The third kappa shape index (κ3) is 3.72. The van der Waals surface area contributed by atoms with E-state index in [2.05, 4.69) is 36.1 Å². The van der Waals surface area contributed by atoms with E-state index in [0.29, 0.717) is 12.1 Å². The van der Waals surface area contributed by atoms with Crippen LogP contribution in [0.4, 0.5) is 4.39 Å². The van der Waals surface area contributed by atoms with Crippen LogP contribution in [0.2, 0.25) is 0 Å². The molecule has 0 spiro atoms. The number of fused-ring (bicyclic) bond motifs is 1. The molecule has 3 aromatic carbocycles. The van der Waals surface area contributed by atoms with Gasteiger partial charge in [0.1, 0.15) is 5.82 Å². The fraction of sp³-hybridized carbons (Fsp3) is 0.296. The lowest BCUT2D eigenvalue weighted by Gasteiger charge is -2.59. The van der Waals surface area contributed by atoms with Crippen LogP contribution in [-0.4, -0.2) is 52.6 Å². The minimum Gasteiger partial charge on any atom is -0.394 e. The molecule has 5 heteroatoms. The Hall–Kier alpha value is -3.02. The number of aryl methyl sites for hydroxylation is 1. The van der Waals surface area contributed by atoms with Crippen molar-refractivity contribution in [2.75, 3.05) is 19.7 Å². The average Bonchev–Trinajstić information content (AvgIpc) is 2.78. The van der Waals surface area contributed by atoms with E-state index in [-0.39, 0.29) is 36.3 Å². The maximum Gasteiger partial charge on any atom is 0.237 e. The number of aliphatic hydroxyl groups is 1. The molecule has 0 unspecified atom stereocenters. The third-order valence-corrected chi connectivity index (χ3v) is 6.83. The van der Waals surface area contributed by atoms with Gasteiger partial charge in [0, 0.05) is 24.6 Å². The Balaban J connectivity index is 1.36. The van der Waals surface area contributed by atoms with Crippen LogP contribution in [-0.2, 0) is 11.3 Å². The zero-order valence-corrected chi connectivity index (χ0v) is 18.1. The van der Waals surface area contributed by atoms with Crippen LogP contribution in [0.1, 0.15) is 22.6 Å². The molecule has 0 bridgehead atoms. The standard InChI is InChI=1S/C27H27FN2O2/c1-18-6-8-19(9-7-18)14-29-15-24-27(25(17-31)30(24)26(32)16-29)21-12-10-20(11-13-21)22-4-2-3-5-23(22)28/h2-13,24-25,27,31H,14-17H2,1H3/t24-,25+,27+/m1/s1. The minimum absolute atomic E-state index is 0.0400. The minimum atomic E-state index is -0.243. The summed E-state index contributed by atoms with van der Waals surface area (Å²) in [6, 6.07) is 22.9. The Morgan fingerprint density at radius 3 is 2.41 bits per heavy atom. The highest BCUT2D eigenvalue weighted by Gasteiger charge is 2.53. The van der Waals surface area contributed by atoms with Gasteiger partial charge in [0.15, 0.2) is 0 Å². The summed E-state index contributed by atoms with van der Waals surface area (Å²) in [6.07, 6.45) is 0. The molecule has 2 aliphatic rings. The molecule has 3 aromatic rings. The quantitative estimate of drug-likeness (QED) is 0.666. The van der Waals surface area contributed by atoms with Crippen molar-refractivity contribution in [1.29, 1.82) is 0 Å². The predicted octanol–water partition coefficient (Wildman–Crippen LogP) is 3.97. The Morgan fingerprint density at radius 1 is 1.00 bits per heavy atom. The van der Waals surface area contributed by atoms with Crippen molar-refractivity contribution in [1.82, 2.24) is 9.80 Å². The van der Waals surface area contributed by atoms with Crippen molar-refractivity contribution >= 4 is 5.91 Å². The smallest absolute Gasteiger partial charge is 0.237 e. The first-order valence-corrected chi connectivity index (χ1v) is 11.1. The summed E-state index contributed by atoms with van der Waals surface area (Å²) in [5.74, 6) is -0.0981. The molecule has 2 saturated heterocycles.